The zero-order valence-corrected chi connectivity index (χ0v) is 11.1. The molecule has 0 aliphatic rings. The Morgan fingerprint density at radius 2 is 2.00 bits per heavy atom. The molecular weight excluding hydrogens is 226 g/mol. The van der Waals surface area contributed by atoms with Crippen LogP contribution in [0.15, 0.2) is 30.3 Å². The van der Waals surface area contributed by atoms with Gasteiger partial charge in [0.25, 0.3) is 0 Å². The Bertz CT molecular complexity index is 502. The third kappa shape index (κ3) is 3.03. The minimum Gasteiger partial charge on any atom is -0.494 e. The Morgan fingerprint density at radius 1 is 1.28 bits per heavy atom. The Morgan fingerprint density at radius 3 is 2.56 bits per heavy atom. The fourth-order valence-corrected chi connectivity index (χ4v) is 1.86. The zero-order valence-electron chi connectivity index (χ0n) is 11.1. The maximum Gasteiger partial charge on any atom is 0.119 e. The number of benzene rings is 1. The summed E-state index contributed by atoms with van der Waals surface area (Å²) in [5, 5.41) is 7.69. The first-order valence-electron chi connectivity index (χ1n) is 6.15. The van der Waals surface area contributed by atoms with Crippen LogP contribution in [0.2, 0.25) is 0 Å². The monoisotopic (exact) mass is 245 g/mol. The molecule has 2 aromatic rings. The van der Waals surface area contributed by atoms with Crippen LogP contribution in [0.4, 0.5) is 5.69 Å². The van der Waals surface area contributed by atoms with E-state index in [1.165, 1.54) is 5.69 Å². The van der Waals surface area contributed by atoms with Gasteiger partial charge in [0.2, 0.25) is 0 Å². The summed E-state index contributed by atoms with van der Waals surface area (Å²) in [6.07, 6.45) is 0. The smallest absolute Gasteiger partial charge is 0.119 e. The second-order valence-electron chi connectivity index (χ2n) is 4.21. The number of nitrogens with zero attached hydrogens (tertiary/aromatic N) is 2. The van der Waals surface area contributed by atoms with Gasteiger partial charge in [-0.1, -0.05) is 0 Å². The van der Waals surface area contributed by atoms with E-state index in [0.29, 0.717) is 6.61 Å². The van der Waals surface area contributed by atoms with Crippen LogP contribution in [-0.4, -0.2) is 16.4 Å². The predicted octanol–water partition coefficient (Wildman–Crippen LogP) is 2.74. The molecule has 0 unspecified atom stereocenters. The molecule has 0 spiro atoms. The van der Waals surface area contributed by atoms with Crippen molar-refractivity contribution in [3.8, 4) is 5.75 Å². The maximum absolute atomic E-state index is 5.40. The Balaban J connectivity index is 1.95. The molecule has 1 heterocycles. The minimum atomic E-state index is 0.696. The molecule has 0 bridgehead atoms. The largest absolute Gasteiger partial charge is 0.494 e. The van der Waals surface area contributed by atoms with E-state index in [1.54, 1.807) is 0 Å². The van der Waals surface area contributed by atoms with E-state index in [4.69, 9.17) is 4.74 Å². The highest BCUT2D eigenvalue weighted by atomic mass is 16.5. The predicted molar refractivity (Wildman–Crippen MR) is 72.9 cm³/mol. The molecule has 2 rings (SSSR count). The second-order valence-corrected chi connectivity index (χ2v) is 4.21. The lowest BCUT2D eigenvalue weighted by Crippen LogP contribution is -2.05. The summed E-state index contributed by atoms with van der Waals surface area (Å²) in [7, 11) is 1.96. The van der Waals surface area contributed by atoms with Crippen molar-refractivity contribution in [1.82, 2.24) is 9.78 Å². The number of hydrogen-bond donors (Lipinski definition) is 1. The summed E-state index contributed by atoms with van der Waals surface area (Å²) in [4.78, 5) is 0. The molecule has 0 aliphatic carbocycles. The molecule has 4 nitrogen and oxygen atoms in total. The van der Waals surface area contributed by atoms with E-state index in [9.17, 15) is 0 Å². The number of hydrogen-bond acceptors (Lipinski definition) is 3. The van der Waals surface area contributed by atoms with E-state index in [-0.39, 0.29) is 0 Å². The maximum atomic E-state index is 5.40. The molecular formula is C14H19N3O. The van der Waals surface area contributed by atoms with Crippen molar-refractivity contribution in [2.75, 3.05) is 11.9 Å². The molecule has 0 radical (unpaired) electrons. The molecule has 1 aromatic heterocycles. The van der Waals surface area contributed by atoms with Crippen molar-refractivity contribution >= 4 is 5.69 Å². The van der Waals surface area contributed by atoms with Crippen LogP contribution in [0.1, 0.15) is 18.3 Å². The molecule has 0 amide bonds. The summed E-state index contributed by atoms with van der Waals surface area (Å²) in [5.41, 5.74) is 3.29. The fourth-order valence-electron chi connectivity index (χ4n) is 1.86. The highest BCUT2D eigenvalue weighted by molar-refractivity contribution is 5.46. The molecule has 0 saturated heterocycles. The van der Waals surface area contributed by atoms with Crippen molar-refractivity contribution in [3.63, 3.8) is 0 Å². The van der Waals surface area contributed by atoms with Gasteiger partial charge in [-0.25, -0.2) is 0 Å². The van der Waals surface area contributed by atoms with E-state index in [1.807, 2.05) is 49.8 Å². The van der Waals surface area contributed by atoms with Crippen molar-refractivity contribution in [1.29, 1.82) is 0 Å². The molecule has 1 N–H and O–H groups in total. The number of rotatable bonds is 5. The van der Waals surface area contributed by atoms with E-state index in [2.05, 4.69) is 16.5 Å². The molecule has 0 atom stereocenters. The standard InChI is InChI=1S/C14H19N3O/c1-4-18-14-7-5-12(6-8-14)15-10-13-9-11(2)16-17(13)3/h5-9,15H,4,10H2,1-3H3. The summed E-state index contributed by atoms with van der Waals surface area (Å²) >= 11 is 0. The quantitative estimate of drug-likeness (QED) is 0.880. The van der Waals surface area contributed by atoms with Gasteiger partial charge >= 0.3 is 0 Å². The van der Waals surface area contributed by atoms with Crippen LogP contribution in [0.25, 0.3) is 0 Å². The van der Waals surface area contributed by atoms with E-state index in [0.717, 1.165) is 23.7 Å². The molecule has 0 fully saturated rings. The van der Waals surface area contributed by atoms with Crippen LogP contribution in [0.5, 0.6) is 5.75 Å². The number of nitrogens with one attached hydrogen (secondary N) is 1. The van der Waals surface area contributed by atoms with Crippen molar-refractivity contribution in [2.24, 2.45) is 7.05 Å². The molecule has 4 heteroatoms. The lowest BCUT2D eigenvalue weighted by atomic mass is 10.3. The normalized spacial score (nSPS) is 10.4. The highest BCUT2D eigenvalue weighted by Gasteiger charge is 2.01. The first-order valence-corrected chi connectivity index (χ1v) is 6.15. The average Bonchev–Trinajstić information content (AvgIpc) is 2.67. The average molecular weight is 245 g/mol. The van der Waals surface area contributed by atoms with Gasteiger partial charge in [0.1, 0.15) is 5.75 Å². The second kappa shape index (κ2) is 5.58. The van der Waals surface area contributed by atoms with Crippen LogP contribution >= 0.6 is 0 Å². The number of anilines is 1. The molecule has 0 aliphatic heterocycles. The van der Waals surface area contributed by atoms with Crippen molar-refractivity contribution < 1.29 is 4.74 Å². The fraction of sp³-hybridized carbons (Fsp3) is 0.357. The zero-order chi connectivity index (χ0) is 13.0. The summed E-state index contributed by atoms with van der Waals surface area (Å²) in [5.74, 6) is 0.902. The Labute approximate surface area is 108 Å². The Hall–Kier alpha value is -1.97. The lowest BCUT2D eigenvalue weighted by molar-refractivity contribution is 0.340. The summed E-state index contributed by atoms with van der Waals surface area (Å²) < 4.78 is 7.30. The third-order valence-electron chi connectivity index (χ3n) is 2.74. The molecule has 18 heavy (non-hydrogen) atoms. The number of aromatic nitrogens is 2. The van der Waals surface area contributed by atoms with Gasteiger partial charge in [0, 0.05) is 12.7 Å². The van der Waals surface area contributed by atoms with Crippen LogP contribution in [0.3, 0.4) is 0 Å². The van der Waals surface area contributed by atoms with Gasteiger partial charge < -0.3 is 10.1 Å². The number of ether oxygens (including phenoxy) is 1. The van der Waals surface area contributed by atoms with Crippen LogP contribution in [0, 0.1) is 6.92 Å². The molecule has 96 valence electrons. The first kappa shape index (κ1) is 12.5. The first-order chi connectivity index (χ1) is 8.69. The van der Waals surface area contributed by atoms with Gasteiger partial charge in [0.05, 0.1) is 24.5 Å². The van der Waals surface area contributed by atoms with Gasteiger partial charge in [0.15, 0.2) is 0 Å². The van der Waals surface area contributed by atoms with Crippen LogP contribution in [-0.2, 0) is 13.6 Å². The Kier molecular flexibility index (Phi) is 3.87. The number of aryl methyl sites for hydroxylation is 2. The van der Waals surface area contributed by atoms with E-state index < -0.39 is 0 Å². The van der Waals surface area contributed by atoms with Crippen molar-refractivity contribution in [2.45, 2.75) is 20.4 Å². The highest BCUT2D eigenvalue weighted by Crippen LogP contribution is 2.16. The van der Waals surface area contributed by atoms with Crippen molar-refractivity contribution in [3.05, 3.63) is 41.7 Å². The summed E-state index contributed by atoms with van der Waals surface area (Å²) in [6, 6.07) is 10.1. The SMILES string of the molecule is CCOc1ccc(NCc2cc(C)nn2C)cc1. The van der Waals surface area contributed by atoms with Gasteiger partial charge in [-0.15, -0.1) is 0 Å². The van der Waals surface area contributed by atoms with Gasteiger partial charge in [-0.05, 0) is 44.2 Å². The van der Waals surface area contributed by atoms with Gasteiger partial charge in [-0.2, -0.15) is 5.10 Å². The molecule has 0 saturated carbocycles. The third-order valence-corrected chi connectivity index (χ3v) is 2.74. The summed E-state index contributed by atoms with van der Waals surface area (Å²) in [6.45, 7) is 5.45. The lowest BCUT2D eigenvalue weighted by Gasteiger charge is -2.08. The minimum absolute atomic E-state index is 0.696. The van der Waals surface area contributed by atoms with Crippen LogP contribution < -0.4 is 10.1 Å². The molecule has 1 aromatic carbocycles. The van der Waals surface area contributed by atoms with E-state index >= 15 is 0 Å². The van der Waals surface area contributed by atoms with Gasteiger partial charge in [-0.3, -0.25) is 4.68 Å². The topological polar surface area (TPSA) is 39.1 Å².